The van der Waals surface area contributed by atoms with Crippen LogP contribution in [0.3, 0.4) is 0 Å². The number of carbonyl (C=O) groups is 2. The Morgan fingerprint density at radius 2 is 1.03 bits per heavy atom. The van der Waals surface area contributed by atoms with Crippen LogP contribution in [0.4, 0.5) is 0 Å². The largest absolute Gasteiger partial charge is 0.461 e. The normalized spacial score (nSPS) is 30.7. The number of nitriles is 2. The number of carbonyl (C=O) groups excluding carboxylic acids is 2. The van der Waals surface area contributed by atoms with Crippen LogP contribution < -0.4 is 0 Å². The summed E-state index contributed by atoms with van der Waals surface area (Å²) in [6.45, 7) is 16.6. The first-order valence-electron chi connectivity index (χ1n) is 14.2. The van der Waals surface area contributed by atoms with Crippen molar-refractivity contribution < 1.29 is 19.1 Å². The van der Waals surface area contributed by atoms with Gasteiger partial charge in [-0.05, 0) is 74.0 Å². The van der Waals surface area contributed by atoms with Crippen molar-refractivity contribution in [1.82, 2.24) is 0 Å². The molecule has 0 aliphatic heterocycles. The van der Waals surface area contributed by atoms with Crippen LogP contribution in [0, 0.1) is 56.2 Å². The number of rotatable bonds is 11. The molecule has 6 nitrogen and oxygen atoms in total. The van der Waals surface area contributed by atoms with Crippen molar-refractivity contribution >= 4 is 11.9 Å². The minimum absolute atomic E-state index is 0.0440. The van der Waals surface area contributed by atoms with E-state index in [-0.39, 0.29) is 35.5 Å². The van der Waals surface area contributed by atoms with Gasteiger partial charge in [0.1, 0.15) is 23.0 Å². The Bertz CT molecular complexity index is 802. The Balaban J connectivity index is 2.09. The maximum Gasteiger partial charge on any atom is 0.306 e. The van der Waals surface area contributed by atoms with Gasteiger partial charge < -0.3 is 9.47 Å². The van der Waals surface area contributed by atoms with Crippen molar-refractivity contribution in [3.8, 4) is 12.1 Å². The monoisotopic (exact) mass is 500 g/mol. The lowest BCUT2D eigenvalue weighted by molar-refractivity contribution is -0.164. The van der Waals surface area contributed by atoms with E-state index in [0.717, 1.165) is 38.5 Å². The highest BCUT2D eigenvalue weighted by Gasteiger charge is 2.63. The Labute approximate surface area is 219 Å². The molecular weight excluding hydrogens is 452 g/mol. The Kier molecular flexibility index (Phi) is 9.66. The van der Waals surface area contributed by atoms with Crippen LogP contribution in [-0.4, -0.2) is 24.1 Å². The van der Waals surface area contributed by atoms with Gasteiger partial charge in [-0.3, -0.25) is 9.59 Å². The molecule has 0 heterocycles. The smallest absolute Gasteiger partial charge is 0.306 e. The Hall–Kier alpha value is -2.08. The van der Waals surface area contributed by atoms with Crippen LogP contribution in [0.5, 0.6) is 0 Å². The molecule has 36 heavy (non-hydrogen) atoms. The molecule has 2 saturated carbocycles. The van der Waals surface area contributed by atoms with Crippen molar-refractivity contribution in [2.24, 2.45) is 33.5 Å². The molecule has 2 aliphatic carbocycles. The molecule has 4 atom stereocenters. The first-order chi connectivity index (χ1) is 17.0. The zero-order valence-electron chi connectivity index (χ0n) is 23.9. The lowest BCUT2D eigenvalue weighted by atomic mass is 9.57. The van der Waals surface area contributed by atoms with Crippen LogP contribution in [-0.2, 0) is 19.1 Å². The van der Waals surface area contributed by atoms with Gasteiger partial charge in [-0.1, -0.05) is 55.4 Å². The third-order valence-electron chi connectivity index (χ3n) is 10.5. The van der Waals surface area contributed by atoms with Gasteiger partial charge in [0.15, 0.2) is 0 Å². The molecule has 0 N–H and O–H groups in total. The molecule has 0 saturated heterocycles. The predicted octanol–water partition coefficient (Wildman–Crippen LogP) is 7.12. The summed E-state index contributed by atoms with van der Waals surface area (Å²) in [5.41, 5.74) is -1.82. The number of ether oxygens (including phenoxy) is 2. The molecule has 0 spiro atoms. The van der Waals surface area contributed by atoms with E-state index >= 15 is 0 Å². The molecule has 0 aromatic heterocycles. The average Bonchev–Trinajstić information content (AvgIpc) is 3.36. The third-order valence-corrected chi connectivity index (χ3v) is 10.5. The zero-order chi connectivity index (χ0) is 27.4. The molecule has 0 aromatic carbocycles. The van der Waals surface area contributed by atoms with Crippen LogP contribution in [0.15, 0.2) is 0 Å². The number of esters is 2. The SMILES string of the molecule is CCC1(CC)CCC(OC(=O)CCC(=O)OC2CCC(CC)(CC)C2(C#N)C(C)C)C1(C#N)C(C)C. The van der Waals surface area contributed by atoms with Gasteiger partial charge in [0.25, 0.3) is 0 Å². The summed E-state index contributed by atoms with van der Waals surface area (Å²) in [7, 11) is 0. The zero-order valence-corrected chi connectivity index (χ0v) is 23.9. The summed E-state index contributed by atoms with van der Waals surface area (Å²) in [6, 6.07) is 5.17. The maximum atomic E-state index is 12.9. The first-order valence-corrected chi connectivity index (χ1v) is 14.2. The molecule has 6 heteroatoms. The molecule has 2 fully saturated rings. The second-order valence-corrected chi connectivity index (χ2v) is 11.8. The molecule has 2 rings (SSSR count). The van der Waals surface area contributed by atoms with E-state index in [0.29, 0.717) is 12.8 Å². The number of hydrogen-bond acceptors (Lipinski definition) is 6. The van der Waals surface area contributed by atoms with E-state index in [9.17, 15) is 20.1 Å². The fourth-order valence-electron chi connectivity index (χ4n) is 8.29. The van der Waals surface area contributed by atoms with Crippen molar-refractivity contribution in [1.29, 1.82) is 10.5 Å². The van der Waals surface area contributed by atoms with Gasteiger partial charge in [-0.25, -0.2) is 0 Å². The molecule has 0 radical (unpaired) electrons. The topological polar surface area (TPSA) is 100 Å². The van der Waals surface area contributed by atoms with E-state index in [1.165, 1.54) is 0 Å². The van der Waals surface area contributed by atoms with Crippen LogP contribution in [0.25, 0.3) is 0 Å². The van der Waals surface area contributed by atoms with E-state index in [1.807, 2.05) is 27.7 Å². The predicted molar refractivity (Wildman–Crippen MR) is 139 cm³/mol. The van der Waals surface area contributed by atoms with Crippen LogP contribution >= 0.6 is 0 Å². The quantitative estimate of drug-likeness (QED) is 0.280. The summed E-state index contributed by atoms with van der Waals surface area (Å²) in [4.78, 5) is 25.7. The molecule has 0 bridgehead atoms. The molecule has 0 aromatic rings. The van der Waals surface area contributed by atoms with Crippen molar-refractivity contribution in [3.63, 3.8) is 0 Å². The minimum Gasteiger partial charge on any atom is -0.461 e. The number of nitrogens with zero attached hydrogens (tertiary/aromatic N) is 2. The van der Waals surface area contributed by atoms with Crippen LogP contribution in [0.2, 0.25) is 0 Å². The lowest BCUT2D eigenvalue weighted by Gasteiger charge is -2.45. The van der Waals surface area contributed by atoms with Gasteiger partial charge in [-0.2, -0.15) is 10.5 Å². The maximum absolute atomic E-state index is 12.9. The molecule has 4 unspecified atom stereocenters. The van der Waals surface area contributed by atoms with E-state index in [2.05, 4.69) is 39.8 Å². The molecule has 202 valence electrons. The fourth-order valence-corrected chi connectivity index (χ4v) is 8.29. The van der Waals surface area contributed by atoms with Crippen molar-refractivity contribution in [3.05, 3.63) is 0 Å². The minimum atomic E-state index is -0.732. The summed E-state index contributed by atoms with van der Waals surface area (Å²) >= 11 is 0. The second-order valence-electron chi connectivity index (χ2n) is 11.8. The first kappa shape index (κ1) is 30.1. The Morgan fingerprint density at radius 3 is 1.25 bits per heavy atom. The highest BCUT2D eigenvalue weighted by atomic mass is 16.6. The van der Waals surface area contributed by atoms with Crippen molar-refractivity contribution in [2.45, 2.75) is 132 Å². The van der Waals surface area contributed by atoms with Gasteiger partial charge >= 0.3 is 11.9 Å². The molecule has 0 amide bonds. The second kappa shape index (κ2) is 11.5. The summed E-state index contributed by atoms with van der Waals surface area (Å²) in [5, 5.41) is 20.6. The van der Waals surface area contributed by atoms with E-state index in [1.54, 1.807) is 0 Å². The summed E-state index contributed by atoms with van der Waals surface area (Å²) < 4.78 is 11.8. The van der Waals surface area contributed by atoms with Gasteiger partial charge in [-0.15, -0.1) is 0 Å². The standard InChI is InChI=1S/C30H48N2O4/c1-9-27(10-2)17-15-23(29(27,19-31)21(5)6)35-25(33)13-14-26(34)36-24-16-18-28(11-3,12-4)30(24,20-32)22(7)8/h21-24H,9-18H2,1-8H3. The molecule has 2 aliphatic rings. The van der Waals surface area contributed by atoms with Gasteiger partial charge in [0.2, 0.25) is 0 Å². The number of hydrogen-bond donors (Lipinski definition) is 0. The summed E-state index contributed by atoms with van der Waals surface area (Å²) in [5.74, 6) is -0.831. The van der Waals surface area contributed by atoms with E-state index in [4.69, 9.17) is 9.47 Å². The highest BCUT2D eigenvalue weighted by molar-refractivity contribution is 5.78. The third kappa shape index (κ3) is 4.44. The average molecular weight is 501 g/mol. The van der Waals surface area contributed by atoms with Crippen LogP contribution in [0.1, 0.15) is 120 Å². The lowest BCUT2D eigenvalue weighted by Crippen LogP contribution is -2.48. The van der Waals surface area contributed by atoms with Crippen molar-refractivity contribution in [2.75, 3.05) is 0 Å². The fraction of sp³-hybridized carbons (Fsp3) is 0.867. The highest BCUT2D eigenvalue weighted by Crippen LogP contribution is 2.62. The van der Waals surface area contributed by atoms with Gasteiger partial charge in [0.05, 0.1) is 25.0 Å². The van der Waals surface area contributed by atoms with Gasteiger partial charge in [0, 0.05) is 0 Å². The molecular formula is C30H48N2O4. The summed E-state index contributed by atoms with van der Waals surface area (Å²) in [6.07, 6.45) is 5.41. The van der Waals surface area contributed by atoms with E-state index < -0.39 is 35.0 Å². The Morgan fingerprint density at radius 1 is 0.722 bits per heavy atom.